The van der Waals surface area contributed by atoms with Crippen LogP contribution < -0.4 is 5.32 Å². The van der Waals surface area contributed by atoms with Crippen LogP contribution in [0.5, 0.6) is 0 Å². The van der Waals surface area contributed by atoms with Crippen molar-refractivity contribution in [3.05, 3.63) is 52.8 Å². The maximum atomic E-state index is 12.3. The Morgan fingerprint density at radius 2 is 2.12 bits per heavy atom. The van der Waals surface area contributed by atoms with E-state index in [1.807, 2.05) is 32.0 Å². The quantitative estimate of drug-likeness (QED) is 0.832. The molecule has 2 N–H and O–H groups in total. The van der Waals surface area contributed by atoms with E-state index in [0.717, 1.165) is 23.5 Å². The molecule has 140 valence electrons. The molecule has 0 saturated carbocycles. The van der Waals surface area contributed by atoms with Crippen LogP contribution in [0.25, 0.3) is 0 Å². The van der Waals surface area contributed by atoms with Gasteiger partial charge in [0.05, 0.1) is 24.4 Å². The largest absolute Gasteiger partial charge is 0.373 e. The molecule has 2 heterocycles. The standard InChI is InChI=1S/C20H28N4O2/c1-14-17(15(2)23-22-14)9-10-19(25)21-13-18-20(24(3)11-12-26-18)16-7-5-4-6-8-16/h4-8,18,20H,9-13H2,1-3H3,(H,21,25)(H,22,23)/t18-,20-/m0/s1. The fourth-order valence-electron chi connectivity index (χ4n) is 3.64. The van der Waals surface area contributed by atoms with Gasteiger partial charge in [-0.1, -0.05) is 30.3 Å². The van der Waals surface area contributed by atoms with Gasteiger partial charge < -0.3 is 10.1 Å². The lowest BCUT2D eigenvalue weighted by Crippen LogP contribution is -2.48. The van der Waals surface area contributed by atoms with E-state index in [4.69, 9.17) is 4.74 Å². The van der Waals surface area contributed by atoms with Crippen LogP contribution in [-0.4, -0.2) is 53.9 Å². The highest BCUT2D eigenvalue weighted by Gasteiger charge is 2.31. The van der Waals surface area contributed by atoms with Crippen LogP contribution in [0.15, 0.2) is 30.3 Å². The minimum Gasteiger partial charge on any atom is -0.373 e. The molecule has 6 heteroatoms. The number of likely N-dealkylation sites (N-methyl/N-ethyl adjacent to an activating group) is 1. The second kappa shape index (κ2) is 8.47. The lowest BCUT2D eigenvalue weighted by molar-refractivity contribution is -0.123. The molecule has 1 saturated heterocycles. The third-order valence-corrected chi connectivity index (χ3v) is 5.13. The normalized spacial score (nSPS) is 20.9. The molecule has 1 aromatic heterocycles. The maximum absolute atomic E-state index is 12.3. The van der Waals surface area contributed by atoms with Crippen LogP contribution in [0.1, 0.15) is 35.0 Å². The molecule has 0 bridgehead atoms. The number of hydrogen-bond donors (Lipinski definition) is 2. The third kappa shape index (κ3) is 4.31. The van der Waals surface area contributed by atoms with Crippen molar-refractivity contribution in [2.75, 3.05) is 26.7 Å². The summed E-state index contributed by atoms with van der Waals surface area (Å²) in [6.07, 6.45) is 1.12. The van der Waals surface area contributed by atoms with Gasteiger partial charge in [0.25, 0.3) is 0 Å². The number of rotatable bonds is 6. The molecule has 1 aromatic carbocycles. The van der Waals surface area contributed by atoms with Gasteiger partial charge in [0.1, 0.15) is 0 Å². The van der Waals surface area contributed by atoms with Crippen molar-refractivity contribution < 1.29 is 9.53 Å². The molecule has 0 radical (unpaired) electrons. The summed E-state index contributed by atoms with van der Waals surface area (Å²) in [5.41, 5.74) is 4.36. The number of benzene rings is 1. The van der Waals surface area contributed by atoms with Gasteiger partial charge in [0, 0.05) is 25.2 Å². The van der Waals surface area contributed by atoms with Crippen LogP contribution in [0.3, 0.4) is 0 Å². The zero-order valence-electron chi connectivity index (χ0n) is 15.8. The summed E-state index contributed by atoms with van der Waals surface area (Å²) >= 11 is 0. The molecular formula is C20H28N4O2. The van der Waals surface area contributed by atoms with E-state index in [1.165, 1.54) is 5.56 Å². The van der Waals surface area contributed by atoms with Gasteiger partial charge in [-0.2, -0.15) is 5.10 Å². The van der Waals surface area contributed by atoms with Crippen molar-refractivity contribution in [3.63, 3.8) is 0 Å². The Balaban J connectivity index is 1.56. The Morgan fingerprint density at radius 1 is 1.35 bits per heavy atom. The summed E-state index contributed by atoms with van der Waals surface area (Å²) in [5.74, 6) is 0.0497. The second-order valence-corrected chi connectivity index (χ2v) is 6.96. The number of nitrogens with zero attached hydrogens (tertiary/aromatic N) is 2. The Bertz CT molecular complexity index is 709. The maximum Gasteiger partial charge on any atom is 0.220 e. The minimum absolute atomic E-state index is 0.0440. The highest BCUT2D eigenvalue weighted by Crippen LogP contribution is 2.27. The zero-order chi connectivity index (χ0) is 18.5. The topological polar surface area (TPSA) is 70.2 Å². The number of morpholine rings is 1. The lowest BCUT2D eigenvalue weighted by atomic mass is 9.98. The number of aromatic amines is 1. The monoisotopic (exact) mass is 356 g/mol. The average Bonchev–Trinajstić information content (AvgIpc) is 2.97. The Hall–Kier alpha value is -2.18. The number of hydrogen-bond acceptors (Lipinski definition) is 4. The van der Waals surface area contributed by atoms with Crippen LogP contribution in [0.2, 0.25) is 0 Å². The number of nitrogens with one attached hydrogen (secondary N) is 2. The molecule has 0 aliphatic carbocycles. The summed E-state index contributed by atoms with van der Waals surface area (Å²) in [4.78, 5) is 14.6. The first-order chi connectivity index (χ1) is 12.6. The number of aromatic nitrogens is 2. The number of ether oxygens (including phenoxy) is 1. The first kappa shape index (κ1) is 18.6. The highest BCUT2D eigenvalue weighted by molar-refractivity contribution is 5.76. The van der Waals surface area contributed by atoms with Crippen LogP contribution in [0.4, 0.5) is 0 Å². The van der Waals surface area contributed by atoms with Crippen molar-refractivity contribution in [1.29, 1.82) is 0 Å². The predicted octanol–water partition coefficient (Wildman–Crippen LogP) is 2.15. The summed E-state index contributed by atoms with van der Waals surface area (Å²) in [6, 6.07) is 10.5. The molecule has 1 amide bonds. The molecular weight excluding hydrogens is 328 g/mol. The van der Waals surface area contributed by atoms with E-state index in [2.05, 4.69) is 39.6 Å². The first-order valence-electron chi connectivity index (χ1n) is 9.20. The van der Waals surface area contributed by atoms with Crippen molar-refractivity contribution in [2.24, 2.45) is 0 Å². The Morgan fingerprint density at radius 3 is 2.81 bits per heavy atom. The zero-order valence-corrected chi connectivity index (χ0v) is 15.8. The minimum atomic E-state index is -0.0440. The van der Waals surface area contributed by atoms with Gasteiger partial charge in [0.15, 0.2) is 0 Å². The number of carbonyl (C=O) groups is 1. The molecule has 0 spiro atoms. The first-order valence-corrected chi connectivity index (χ1v) is 9.20. The summed E-state index contributed by atoms with van der Waals surface area (Å²) in [6.45, 7) is 6.05. The van der Waals surface area contributed by atoms with E-state index in [-0.39, 0.29) is 18.1 Å². The van der Waals surface area contributed by atoms with Crippen molar-refractivity contribution in [1.82, 2.24) is 20.4 Å². The summed E-state index contributed by atoms with van der Waals surface area (Å²) in [7, 11) is 2.11. The smallest absolute Gasteiger partial charge is 0.220 e. The van der Waals surface area contributed by atoms with E-state index >= 15 is 0 Å². The van der Waals surface area contributed by atoms with Gasteiger partial charge in [0.2, 0.25) is 5.91 Å². The number of carbonyl (C=O) groups excluding carboxylic acids is 1. The predicted molar refractivity (Wildman–Crippen MR) is 101 cm³/mol. The van der Waals surface area contributed by atoms with E-state index in [0.29, 0.717) is 26.0 Å². The lowest BCUT2D eigenvalue weighted by Gasteiger charge is -2.39. The molecule has 6 nitrogen and oxygen atoms in total. The molecule has 3 rings (SSSR count). The highest BCUT2D eigenvalue weighted by atomic mass is 16.5. The molecule has 1 aliphatic rings. The third-order valence-electron chi connectivity index (χ3n) is 5.13. The van der Waals surface area contributed by atoms with Crippen molar-refractivity contribution in [3.8, 4) is 0 Å². The van der Waals surface area contributed by atoms with Gasteiger partial charge in [-0.3, -0.25) is 14.8 Å². The summed E-state index contributed by atoms with van der Waals surface area (Å²) in [5, 5.41) is 10.2. The fraction of sp³-hybridized carbons (Fsp3) is 0.500. The van der Waals surface area contributed by atoms with E-state index in [1.54, 1.807) is 0 Å². The Kier molecular flexibility index (Phi) is 6.06. The van der Waals surface area contributed by atoms with Crippen LogP contribution >= 0.6 is 0 Å². The number of H-pyrrole nitrogens is 1. The molecule has 2 atom stereocenters. The molecule has 1 fully saturated rings. The average molecular weight is 356 g/mol. The van der Waals surface area contributed by atoms with Gasteiger partial charge in [-0.05, 0) is 38.4 Å². The van der Waals surface area contributed by atoms with E-state index in [9.17, 15) is 4.79 Å². The number of amides is 1. The Labute approximate surface area is 154 Å². The van der Waals surface area contributed by atoms with Crippen molar-refractivity contribution >= 4 is 5.91 Å². The molecule has 26 heavy (non-hydrogen) atoms. The number of aryl methyl sites for hydroxylation is 2. The fourth-order valence-corrected chi connectivity index (χ4v) is 3.64. The van der Waals surface area contributed by atoms with Crippen molar-refractivity contribution in [2.45, 2.75) is 38.8 Å². The van der Waals surface area contributed by atoms with Gasteiger partial charge >= 0.3 is 0 Å². The molecule has 1 aliphatic heterocycles. The van der Waals surface area contributed by atoms with E-state index < -0.39 is 0 Å². The van der Waals surface area contributed by atoms with Gasteiger partial charge in [-0.15, -0.1) is 0 Å². The van der Waals surface area contributed by atoms with Gasteiger partial charge in [-0.25, -0.2) is 0 Å². The van der Waals surface area contributed by atoms with Crippen LogP contribution in [-0.2, 0) is 16.0 Å². The molecule has 0 unspecified atom stereocenters. The molecule has 2 aromatic rings. The SMILES string of the molecule is Cc1n[nH]c(C)c1CCC(=O)NC[C@@H]1OCCN(C)[C@H]1c1ccccc1. The summed E-state index contributed by atoms with van der Waals surface area (Å²) < 4.78 is 5.98. The second-order valence-electron chi connectivity index (χ2n) is 6.96. The van der Waals surface area contributed by atoms with Crippen LogP contribution in [0, 0.1) is 13.8 Å².